The van der Waals surface area contributed by atoms with Gasteiger partial charge in [0.2, 0.25) is 6.41 Å². The maximum absolute atomic E-state index is 13.4. The van der Waals surface area contributed by atoms with Gasteiger partial charge in [-0.05, 0) is 56.8 Å². The number of carbonyl (C=O) groups is 2. The summed E-state index contributed by atoms with van der Waals surface area (Å²) in [6.45, 7) is 3.25. The van der Waals surface area contributed by atoms with Gasteiger partial charge in [0.15, 0.2) is 0 Å². The fraction of sp³-hybridized carbons (Fsp3) is 0.320. The van der Waals surface area contributed by atoms with E-state index in [0.29, 0.717) is 22.4 Å². The molecule has 0 aromatic heterocycles. The highest BCUT2D eigenvalue weighted by Crippen LogP contribution is 2.35. The zero-order valence-electron chi connectivity index (χ0n) is 20.7. The lowest BCUT2D eigenvalue weighted by molar-refractivity contribution is -0.138. The smallest absolute Gasteiger partial charge is 0.401 e. The molecule has 9 nitrogen and oxygen atoms in total. The number of halogens is 3. The van der Waals surface area contributed by atoms with Crippen LogP contribution in [0.4, 0.5) is 24.5 Å². The van der Waals surface area contributed by atoms with E-state index in [-0.39, 0.29) is 31.7 Å². The van der Waals surface area contributed by atoms with Crippen LogP contribution < -0.4 is 21.5 Å². The molecule has 2 amide bonds. The number of anilines is 2. The fourth-order valence-electron chi connectivity index (χ4n) is 3.39. The normalized spacial score (nSPS) is 12.3. The highest BCUT2D eigenvalue weighted by atomic mass is 19.4. The van der Waals surface area contributed by atoms with Crippen LogP contribution in [0.1, 0.15) is 37.0 Å². The molecule has 0 radical (unpaired) electrons. The van der Waals surface area contributed by atoms with Crippen LogP contribution in [0.2, 0.25) is 0 Å². The predicted molar refractivity (Wildman–Crippen MR) is 132 cm³/mol. The number of amides is 2. The molecule has 12 heteroatoms. The van der Waals surface area contributed by atoms with Crippen molar-refractivity contribution >= 4 is 23.7 Å². The second kappa shape index (κ2) is 11.9. The number of hydrazine groups is 1. The molecule has 0 bridgehead atoms. The van der Waals surface area contributed by atoms with Gasteiger partial charge in [-0.1, -0.05) is 12.1 Å². The molecule has 0 atom stereocenters. The Morgan fingerprint density at radius 3 is 2.24 bits per heavy atom. The third-order valence-electron chi connectivity index (χ3n) is 5.87. The minimum atomic E-state index is -4.84. The van der Waals surface area contributed by atoms with Gasteiger partial charge in [0, 0.05) is 31.5 Å². The number of alkyl halides is 3. The second-order valence-electron chi connectivity index (χ2n) is 8.79. The Morgan fingerprint density at radius 1 is 1.14 bits per heavy atom. The van der Waals surface area contributed by atoms with Crippen molar-refractivity contribution in [3.63, 3.8) is 0 Å². The first-order valence-corrected chi connectivity index (χ1v) is 11.1. The van der Waals surface area contributed by atoms with E-state index < -0.39 is 28.7 Å². The molecule has 2 aromatic rings. The zero-order chi connectivity index (χ0) is 28.0. The van der Waals surface area contributed by atoms with Gasteiger partial charge in [0.25, 0.3) is 5.91 Å². The van der Waals surface area contributed by atoms with Crippen LogP contribution >= 0.6 is 0 Å². The summed E-state index contributed by atoms with van der Waals surface area (Å²) in [7, 11) is 1.64. The van der Waals surface area contributed by atoms with Gasteiger partial charge in [-0.2, -0.15) is 18.4 Å². The van der Waals surface area contributed by atoms with Crippen molar-refractivity contribution in [2.75, 3.05) is 23.6 Å². The molecule has 0 saturated heterocycles. The van der Waals surface area contributed by atoms with Crippen molar-refractivity contribution in [1.82, 2.24) is 4.90 Å². The first-order chi connectivity index (χ1) is 17.3. The number of aliphatic hydroxyl groups is 1. The molecule has 0 saturated carbocycles. The van der Waals surface area contributed by atoms with Crippen LogP contribution in [0, 0.1) is 11.3 Å². The average Bonchev–Trinajstić information content (AvgIpc) is 2.84. The summed E-state index contributed by atoms with van der Waals surface area (Å²) < 4.78 is 40.1. The van der Waals surface area contributed by atoms with Crippen LogP contribution in [-0.2, 0) is 22.3 Å². The molecule has 0 heterocycles. The van der Waals surface area contributed by atoms with Crippen molar-refractivity contribution in [3.05, 3.63) is 71.1 Å². The van der Waals surface area contributed by atoms with Crippen molar-refractivity contribution in [2.24, 2.45) is 11.6 Å². The van der Waals surface area contributed by atoms with Crippen LogP contribution in [0.3, 0.4) is 0 Å². The second-order valence-corrected chi connectivity index (χ2v) is 8.79. The monoisotopic (exact) mass is 518 g/mol. The molecule has 2 aromatic carbocycles. The highest BCUT2D eigenvalue weighted by molar-refractivity contribution is 6.11. The number of nitrogens with two attached hydrogens (primary N) is 2. The van der Waals surface area contributed by atoms with Crippen LogP contribution in [-0.4, -0.2) is 41.5 Å². The van der Waals surface area contributed by atoms with Gasteiger partial charge >= 0.3 is 6.18 Å². The average molecular weight is 519 g/mol. The maximum atomic E-state index is 13.4. The zero-order valence-corrected chi connectivity index (χ0v) is 20.7. The molecule has 0 fully saturated rings. The van der Waals surface area contributed by atoms with Crippen molar-refractivity contribution < 1.29 is 27.9 Å². The summed E-state index contributed by atoms with van der Waals surface area (Å²) in [4.78, 5) is 27.3. The minimum Gasteiger partial charge on any atom is -0.401 e. The van der Waals surface area contributed by atoms with E-state index in [1.54, 1.807) is 50.1 Å². The molecular formula is C25H29F3N6O3. The molecular weight excluding hydrogens is 489 g/mol. The lowest BCUT2D eigenvalue weighted by Gasteiger charge is -2.36. The molecule has 37 heavy (non-hydrogen) atoms. The number of benzene rings is 2. The summed E-state index contributed by atoms with van der Waals surface area (Å²) >= 11 is 0. The van der Waals surface area contributed by atoms with Crippen LogP contribution in [0.25, 0.3) is 0 Å². The Labute approximate surface area is 212 Å². The first kappa shape index (κ1) is 29.3. The van der Waals surface area contributed by atoms with Crippen LogP contribution in [0.5, 0.6) is 0 Å². The number of nitriles is 1. The van der Waals surface area contributed by atoms with Crippen molar-refractivity contribution in [3.8, 4) is 6.07 Å². The molecule has 0 aliphatic heterocycles. The molecule has 5 N–H and O–H groups in total. The largest absolute Gasteiger partial charge is 0.417 e. The van der Waals surface area contributed by atoms with E-state index in [4.69, 9.17) is 21.9 Å². The number of likely N-dealkylation sites (N-methyl/N-ethyl adjacent to an activating group) is 1. The fourth-order valence-corrected chi connectivity index (χ4v) is 3.39. The Bertz CT molecular complexity index is 1190. The Kier molecular flexibility index (Phi) is 9.41. The number of nitrogens with zero attached hydrogens (tertiary/aromatic N) is 4. The van der Waals surface area contributed by atoms with Crippen molar-refractivity contribution in [2.45, 2.75) is 38.5 Å². The molecule has 198 valence electrons. The lowest BCUT2D eigenvalue weighted by atomic mass is 9.99. The number of rotatable bonds is 10. The summed E-state index contributed by atoms with van der Waals surface area (Å²) in [6, 6.07) is 11.1. The van der Waals surface area contributed by atoms with Gasteiger partial charge in [0.05, 0.1) is 34.1 Å². The third kappa shape index (κ3) is 7.07. The van der Waals surface area contributed by atoms with E-state index in [1.807, 2.05) is 0 Å². The topological polar surface area (TPSA) is 140 Å². The molecule has 0 spiro atoms. The quantitative estimate of drug-likeness (QED) is 0.248. The molecule has 0 unspecified atom stereocenters. The third-order valence-corrected chi connectivity index (χ3v) is 5.87. The van der Waals surface area contributed by atoms with Gasteiger partial charge in [-0.3, -0.25) is 24.4 Å². The number of imide groups is 1. The van der Waals surface area contributed by atoms with E-state index in [1.165, 1.54) is 17.3 Å². The minimum absolute atomic E-state index is 0.105. The summed E-state index contributed by atoms with van der Waals surface area (Å²) in [5.74, 6) is 5.21. The lowest BCUT2D eigenvalue weighted by Crippen LogP contribution is -2.54. The standard InChI is InChI=1S/C25H29F3N6O3/c1-24(2,23(37)33(16-36)21-9-6-18(13-29)22(12-21)25(26,27)28)32(3)14-17-4-7-20(8-5-17)34(31)15-19(30)10-11-35/h4-9,12,15-16,35H,10-11,14,30-31H2,1-3H3/b19-15-. The van der Waals surface area contributed by atoms with Crippen molar-refractivity contribution in [1.29, 1.82) is 5.26 Å². The Morgan fingerprint density at radius 2 is 1.73 bits per heavy atom. The number of aliphatic hydroxyl groups excluding tert-OH is 1. The first-order valence-electron chi connectivity index (χ1n) is 11.1. The van der Waals surface area contributed by atoms with Gasteiger partial charge < -0.3 is 10.8 Å². The molecule has 2 rings (SSSR count). The summed E-state index contributed by atoms with van der Waals surface area (Å²) in [6.07, 6.45) is -2.92. The number of carbonyl (C=O) groups excluding carboxylic acids is 2. The molecule has 0 aliphatic carbocycles. The summed E-state index contributed by atoms with van der Waals surface area (Å²) in [5.41, 5.74) is 4.13. The van der Waals surface area contributed by atoms with E-state index >= 15 is 0 Å². The number of hydrogen-bond acceptors (Lipinski definition) is 8. The Hall–Kier alpha value is -3.92. The van der Waals surface area contributed by atoms with E-state index in [2.05, 4.69) is 0 Å². The van der Waals surface area contributed by atoms with E-state index in [0.717, 1.165) is 17.7 Å². The SMILES string of the molecule is CN(Cc1ccc(N(N)/C=C(\N)CCO)cc1)C(C)(C)C(=O)N(C=O)c1ccc(C#N)c(C(F)(F)F)c1. The Balaban J connectivity index is 2.24. The number of hydrogen-bond donors (Lipinski definition) is 3. The van der Waals surface area contributed by atoms with Gasteiger partial charge in [-0.25, -0.2) is 5.84 Å². The predicted octanol–water partition coefficient (Wildman–Crippen LogP) is 2.84. The van der Waals surface area contributed by atoms with E-state index in [9.17, 15) is 22.8 Å². The van der Waals surface area contributed by atoms with Gasteiger partial charge in [0.1, 0.15) is 0 Å². The van der Waals surface area contributed by atoms with Gasteiger partial charge in [-0.15, -0.1) is 0 Å². The van der Waals surface area contributed by atoms with Crippen LogP contribution in [0.15, 0.2) is 54.4 Å². The molecule has 0 aliphatic rings. The highest BCUT2D eigenvalue weighted by Gasteiger charge is 2.38. The maximum Gasteiger partial charge on any atom is 0.417 e. The summed E-state index contributed by atoms with van der Waals surface area (Å²) in [5, 5.41) is 19.2.